The monoisotopic (exact) mass is 367 g/mol. The van der Waals surface area contributed by atoms with Crippen LogP contribution in [0.5, 0.6) is 0 Å². The molecule has 2 N–H and O–H groups in total. The molecule has 6 nitrogen and oxygen atoms in total. The summed E-state index contributed by atoms with van der Waals surface area (Å²) in [6.45, 7) is 7.58. The summed E-state index contributed by atoms with van der Waals surface area (Å²) in [6, 6.07) is 7.35. The molecule has 1 aromatic carbocycles. The molecule has 1 atom stereocenters. The van der Waals surface area contributed by atoms with Crippen LogP contribution in [0, 0.1) is 12.8 Å². The van der Waals surface area contributed by atoms with E-state index in [-0.39, 0.29) is 30.8 Å². The molecule has 0 bridgehead atoms. The lowest BCUT2D eigenvalue weighted by molar-refractivity contribution is -0.136. The van der Waals surface area contributed by atoms with Gasteiger partial charge in [0.15, 0.2) is 0 Å². The van der Waals surface area contributed by atoms with Gasteiger partial charge in [-0.05, 0) is 31.9 Å². The number of anilines is 1. The van der Waals surface area contributed by atoms with E-state index in [9.17, 15) is 14.4 Å². The van der Waals surface area contributed by atoms with Crippen molar-refractivity contribution < 1.29 is 14.4 Å². The fourth-order valence-electron chi connectivity index (χ4n) is 2.17. The van der Waals surface area contributed by atoms with Crippen molar-refractivity contribution in [2.45, 2.75) is 33.1 Å². The van der Waals surface area contributed by atoms with E-state index in [1.165, 1.54) is 4.90 Å². The van der Waals surface area contributed by atoms with Gasteiger partial charge >= 0.3 is 0 Å². The molecule has 7 heteroatoms. The Bertz CT molecular complexity index is 600. The number of carbonyl (C=O) groups is 3. The first-order chi connectivity index (χ1) is 11.7. The number of alkyl halides is 1. The summed E-state index contributed by atoms with van der Waals surface area (Å²) >= 11 is 5.83. The topological polar surface area (TPSA) is 78.5 Å². The van der Waals surface area contributed by atoms with Gasteiger partial charge in [0.25, 0.3) is 0 Å². The summed E-state index contributed by atoms with van der Waals surface area (Å²) in [4.78, 5) is 37.4. The average molecular weight is 368 g/mol. The Kier molecular flexibility index (Phi) is 8.41. The van der Waals surface area contributed by atoms with Gasteiger partial charge in [-0.3, -0.25) is 14.4 Å². The second-order valence-electron chi connectivity index (χ2n) is 6.42. The highest BCUT2D eigenvalue weighted by atomic mass is 35.5. The van der Waals surface area contributed by atoms with Crippen LogP contribution >= 0.6 is 11.6 Å². The molecule has 0 spiro atoms. The normalized spacial score (nSPS) is 11.8. The predicted octanol–water partition coefficient (Wildman–Crippen LogP) is 2.16. The standard InChI is InChI=1S/C18H26ClN3O3/c1-12(2)10-22(18(25)14(4)19)11-17(24)20-9-16(23)21-15-7-5-13(3)6-8-15/h5-8,12,14H,9-11H2,1-4H3,(H,20,24)(H,21,23)/t14-/m0/s1. The number of hydrogen-bond acceptors (Lipinski definition) is 3. The molecule has 0 aliphatic carbocycles. The highest BCUT2D eigenvalue weighted by molar-refractivity contribution is 6.30. The molecular weight excluding hydrogens is 342 g/mol. The lowest BCUT2D eigenvalue weighted by Gasteiger charge is -2.25. The van der Waals surface area contributed by atoms with Crippen molar-refractivity contribution in [1.29, 1.82) is 0 Å². The lowest BCUT2D eigenvalue weighted by Crippen LogP contribution is -2.46. The third-order valence-electron chi connectivity index (χ3n) is 3.35. The van der Waals surface area contributed by atoms with Gasteiger partial charge in [0.2, 0.25) is 17.7 Å². The second-order valence-corrected chi connectivity index (χ2v) is 7.07. The second kappa shape index (κ2) is 10.0. The van der Waals surface area contributed by atoms with Gasteiger partial charge in [0.1, 0.15) is 5.38 Å². The molecule has 0 aromatic heterocycles. The van der Waals surface area contributed by atoms with Gasteiger partial charge < -0.3 is 15.5 Å². The fourth-order valence-corrected chi connectivity index (χ4v) is 2.31. The van der Waals surface area contributed by atoms with E-state index in [1.54, 1.807) is 19.1 Å². The van der Waals surface area contributed by atoms with Crippen LogP contribution in [-0.4, -0.2) is 47.6 Å². The third kappa shape index (κ3) is 8.03. The van der Waals surface area contributed by atoms with Crippen LogP contribution in [0.1, 0.15) is 26.3 Å². The average Bonchev–Trinajstić information content (AvgIpc) is 2.53. The Labute approximate surface area is 153 Å². The van der Waals surface area contributed by atoms with Crippen molar-refractivity contribution in [2.24, 2.45) is 5.92 Å². The summed E-state index contributed by atoms with van der Waals surface area (Å²) in [7, 11) is 0. The summed E-state index contributed by atoms with van der Waals surface area (Å²) < 4.78 is 0. The van der Waals surface area contributed by atoms with E-state index < -0.39 is 11.3 Å². The van der Waals surface area contributed by atoms with Crippen LogP contribution in [0.3, 0.4) is 0 Å². The van der Waals surface area contributed by atoms with Crippen molar-refractivity contribution >= 4 is 35.0 Å². The number of benzene rings is 1. The minimum Gasteiger partial charge on any atom is -0.345 e. The van der Waals surface area contributed by atoms with Crippen LogP contribution < -0.4 is 10.6 Å². The zero-order valence-electron chi connectivity index (χ0n) is 15.1. The Hall–Kier alpha value is -2.08. The van der Waals surface area contributed by atoms with E-state index in [0.29, 0.717) is 12.2 Å². The Morgan fingerprint density at radius 3 is 2.20 bits per heavy atom. The van der Waals surface area contributed by atoms with E-state index in [0.717, 1.165) is 5.56 Å². The summed E-state index contributed by atoms with van der Waals surface area (Å²) in [5, 5.41) is 4.52. The summed E-state index contributed by atoms with van der Waals surface area (Å²) in [5.74, 6) is -0.818. The Morgan fingerprint density at radius 2 is 1.68 bits per heavy atom. The van der Waals surface area contributed by atoms with E-state index in [2.05, 4.69) is 10.6 Å². The molecular formula is C18H26ClN3O3. The van der Waals surface area contributed by atoms with Gasteiger partial charge in [-0.2, -0.15) is 0 Å². The molecule has 0 saturated heterocycles. The number of nitrogens with one attached hydrogen (secondary N) is 2. The number of hydrogen-bond donors (Lipinski definition) is 2. The van der Waals surface area contributed by atoms with E-state index >= 15 is 0 Å². The Morgan fingerprint density at radius 1 is 1.08 bits per heavy atom. The number of carbonyl (C=O) groups excluding carboxylic acids is 3. The molecule has 0 aliphatic rings. The highest BCUT2D eigenvalue weighted by Crippen LogP contribution is 2.08. The van der Waals surface area contributed by atoms with Gasteiger partial charge in [-0.1, -0.05) is 31.5 Å². The van der Waals surface area contributed by atoms with Crippen LogP contribution in [0.15, 0.2) is 24.3 Å². The lowest BCUT2D eigenvalue weighted by atomic mass is 10.2. The molecule has 0 aliphatic heterocycles. The maximum absolute atomic E-state index is 12.1. The smallest absolute Gasteiger partial charge is 0.243 e. The fraction of sp³-hybridized carbons (Fsp3) is 0.500. The maximum atomic E-state index is 12.1. The number of amides is 3. The van der Waals surface area contributed by atoms with Gasteiger partial charge in [-0.25, -0.2) is 0 Å². The van der Waals surface area contributed by atoms with Gasteiger partial charge in [-0.15, -0.1) is 11.6 Å². The first kappa shape index (κ1) is 21.0. The molecule has 0 fully saturated rings. The number of rotatable bonds is 8. The molecule has 0 radical (unpaired) electrons. The number of nitrogens with zero attached hydrogens (tertiary/aromatic N) is 1. The largest absolute Gasteiger partial charge is 0.345 e. The van der Waals surface area contributed by atoms with Crippen molar-refractivity contribution in [1.82, 2.24) is 10.2 Å². The van der Waals surface area contributed by atoms with Crippen molar-refractivity contribution in [3.05, 3.63) is 29.8 Å². The zero-order valence-corrected chi connectivity index (χ0v) is 15.9. The van der Waals surface area contributed by atoms with E-state index in [4.69, 9.17) is 11.6 Å². The van der Waals surface area contributed by atoms with Crippen molar-refractivity contribution in [2.75, 3.05) is 25.0 Å². The number of aryl methyl sites for hydroxylation is 1. The molecule has 0 saturated carbocycles. The molecule has 3 amide bonds. The summed E-state index contributed by atoms with van der Waals surface area (Å²) in [5.41, 5.74) is 1.76. The molecule has 1 aromatic rings. The first-order valence-corrected chi connectivity index (χ1v) is 8.68. The van der Waals surface area contributed by atoms with Crippen LogP contribution in [0.4, 0.5) is 5.69 Å². The molecule has 0 unspecified atom stereocenters. The Balaban J connectivity index is 2.49. The van der Waals surface area contributed by atoms with Crippen molar-refractivity contribution in [3.8, 4) is 0 Å². The van der Waals surface area contributed by atoms with Crippen LogP contribution in [0.25, 0.3) is 0 Å². The minimum atomic E-state index is -0.698. The zero-order chi connectivity index (χ0) is 19.0. The highest BCUT2D eigenvalue weighted by Gasteiger charge is 2.22. The summed E-state index contributed by atoms with van der Waals surface area (Å²) in [6.07, 6.45) is 0. The molecule has 1 rings (SSSR count). The number of halogens is 1. The predicted molar refractivity (Wildman–Crippen MR) is 99.6 cm³/mol. The molecule has 138 valence electrons. The minimum absolute atomic E-state index is 0.119. The SMILES string of the molecule is Cc1ccc(NC(=O)CNC(=O)CN(CC(C)C)C(=O)[C@H](C)Cl)cc1. The van der Waals surface area contributed by atoms with Crippen LogP contribution in [0.2, 0.25) is 0 Å². The van der Waals surface area contributed by atoms with E-state index in [1.807, 2.05) is 32.9 Å². The van der Waals surface area contributed by atoms with Crippen LogP contribution in [-0.2, 0) is 14.4 Å². The van der Waals surface area contributed by atoms with Crippen molar-refractivity contribution in [3.63, 3.8) is 0 Å². The maximum Gasteiger partial charge on any atom is 0.243 e. The van der Waals surface area contributed by atoms with Gasteiger partial charge in [0.05, 0.1) is 13.1 Å². The molecule has 0 heterocycles. The first-order valence-electron chi connectivity index (χ1n) is 8.25. The third-order valence-corrected chi connectivity index (χ3v) is 3.54. The van der Waals surface area contributed by atoms with Gasteiger partial charge in [0, 0.05) is 12.2 Å². The quantitative estimate of drug-likeness (QED) is 0.691. The molecule has 25 heavy (non-hydrogen) atoms.